The fourth-order valence-electron chi connectivity index (χ4n) is 0. The van der Waals surface area contributed by atoms with Gasteiger partial charge in [-0.1, -0.05) is 6.92 Å². The average molecular weight is 87.1 g/mol. The maximum absolute atomic E-state index is 8.77. The third kappa shape index (κ3) is 3.96. The minimum Gasteiger partial charge on any atom is -0.390 e. The quantitative estimate of drug-likeness (QED) is 0.505. The van der Waals surface area contributed by atoms with Crippen LogP contribution in [0.25, 0.3) is 0 Å². The monoisotopic (exact) mass is 87.1 g/mol. The average Bonchev–Trinajstić information content (AvgIpc) is 1.35. The molecule has 0 saturated carbocycles. The zero-order valence-electron chi connectivity index (χ0n) is 4.52. The first-order chi connectivity index (χ1) is 2.56. The Kier molecular flexibility index (Phi) is 1.59. The summed E-state index contributed by atoms with van der Waals surface area (Å²) in [6, 6.07) is 0. The summed E-state index contributed by atoms with van der Waals surface area (Å²) in [6.07, 6.45) is 1.74. The molecule has 1 N–H and O–H groups in total. The number of aliphatic hydroxyl groups is 1. The van der Waals surface area contributed by atoms with Gasteiger partial charge in [0.1, 0.15) is 0 Å². The predicted molar refractivity (Wildman–Crippen MR) is 26.3 cm³/mol. The van der Waals surface area contributed by atoms with Gasteiger partial charge in [-0.05, 0) is 20.3 Å². The van der Waals surface area contributed by atoms with Gasteiger partial charge >= 0.3 is 0 Å². The smallest absolute Gasteiger partial charge is 0.0620 e. The van der Waals surface area contributed by atoms with Gasteiger partial charge in [0.15, 0.2) is 0 Å². The Bertz CT molecular complexity index is 33.7. The molecule has 0 fully saturated rings. The molecule has 0 aromatic carbocycles. The Morgan fingerprint density at radius 1 is 1.50 bits per heavy atom. The van der Waals surface area contributed by atoms with Gasteiger partial charge in [0.2, 0.25) is 0 Å². The second-order valence-corrected chi connectivity index (χ2v) is 1.94. The third-order valence-corrected chi connectivity index (χ3v) is 0.706. The molecule has 0 bridgehead atoms. The summed E-state index contributed by atoms with van der Waals surface area (Å²) < 4.78 is 0. The summed E-state index contributed by atoms with van der Waals surface area (Å²) in [4.78, 5) is 0. The molecule has 0 aliphatic carbocycles. The number of rotatable bonds is 1. The topological polar surface area (TPSA) is 20.2 Å². The minimum atomic E-state index is -0.583. The standard InChI is InChI=1S/C5H11O/c1-4-5(2,3)6/h4,6H,1-3H3. The second kappa shape index (κ2) is 1.61. The van der Waals surface area contributed by atoms with E-state index in [0.29, 0.717) is 0 Å². The van der Waals surface area contributed by atoms with Crippen molar-refractivity contribution in [2.75, 3.05) is 0 Å². The molecular formula is C5H11O. The normalized spacial score (nSPS) is 12.0. The number of hydrogen-bond acceptors (Lipinski definition) is 1. The first-order valence-corrected chi connectivity index (χ1v) is 2.09. The van der Waals surface area contributed by atoms with E-state index in [2.05, 4.69) is 0 Å². The van der Waals surface area contributed by atoms with E-state index in [4.69, 9.17) is 5.11 Å². The SMILES string of the molecule is C[CH]C(C)(C)O. The van der Waals surface area contributed by atoms with Gasteiger partial charge in [-0.2, -0.15) is 0 Å². The second-order valence-electron chi connectivity index (χ2n) is 1.94. The fraction of sp³-hybridized carbons (Fsp3) is 0.800. The van der Waals surface area contributed by atoms with E-state index in [0.717, 1.165) is 0 Å². The van der Waals surface area contributed by atoms with Gasteiger partial charge in [0, 0.05) is 0 Å². The van der Waals surface area contributed by atoms with Crippen LogP contribution in [-0.2, 0) is 0 Å². The van der Waals surface area contributed by atoms with Gasteiger partial charge in [0.05, 0.1) is 5.60 Å². The lowest BCUT2D eigenvalue weighted by atomic mass is 10.1. The molecule has 1 nitrogen and oxygen atoms in total. The Morgan fingerprint density at radius 3 is 1.67 bits per heavy atom. The highest BCUT2D eigenvalue weighted by molar-refractivity contribution is 4.78. The summed E-state index contributed by atoms with van der Waals surface area (Å²) in [6.45, 7) is 5.32. The van der Waals surface area contributed by atoms with Crippen LogP contribution in [0.3, 0.4) is 0 Å². The molecule has 0 saturated heterocycles. The van der Waals surface area contributed by atoms with Crippen molar-refractivity contribution < 1.29 is 5.11 Å². The highest BCUT2D eigenvalue weighted by Gasteiger charge is 2.06. The Balaban J connectivity index is 3.17. The molecule has 0 rings (SSSR count). The van der Waals surface area contributed by atoms with E-state index in [1.54, 1.807) is 20.3 Å². The van der Waals surface area contributed by atoms with Crippen LogP contribution in [0.1, 0.15) is 20.8 Å². The van der Waals surface area contributed by atoms with Gasteiger partial charge in [-0.25, -0.2) is 0 Å². The minimum absolute atomic E-state index is 0.583. The van der Waals surface area contributed by atoms with E-state index in [1.807, 2.05) is 6.92 Å². The van der Waals surface area contributed by atoms with Crippen molar-refractivity contribution in [3.8, 4) is 0 Å². The lowest BCUT2D eigenvalue weighted by molar-refractivity contribution is 0.116. The summed E-state index contributed by atoms with van der Waals surface area (Å²) in [5.74, 6) is 0. The molecule has 0 heterocycles. The zero-order chi connectivity index (χ0) is 5.21. The molecule has 37 valence electrons. The highest BCUT2D eigenvalue weighted by atomic mass is 16.3. The molecule has 0 spiro atoms. The van der Waals surface area contributed by atoms with Crippen molar-refractivity contribution in [3.05, 3.63) is 6.42 Å². The lowest BCUT2D eigenvalue weighted by Crippen LogP contribution is -2.16. The van der Waals surface area contributed by atoms with Crippen molar-refractivity contribution in [2.45, 2.75) is 26.4 Å². The molecule has 0 atom stereocenters. The molecule has 6 heavy (non-hydrogen) atoms. The summed E-state index contributed by atoms with van der Waals surface area (Å²) in [5.41, 5.74) is -0.583. The largest absolute Gasteiger partial charge is 0.390 e. The maximum atomic E-state index is 8.77. The van der Waals surface area contributed by atoms with Crippen molar-refractivity contribution in [1.29, 1.82) is 0 Å². The number of hydrogen-bond donors (Lipinski definition) is 1. The predicted octanol–water partition coefficient (Wildman–Crippen LogP) is 0.981. The van der Waals surface area contributed by atoms with Crippen LogP contribution in [0.15, 0.2) is 0 Å². The van der Waals surface area contributed by atoms with Crippen molar-refractivity contribution in [3.63, 3.8) is 0 Å². The van der Waals surface area contributed by atoms with Crippen LogP contribution >= 0.6 is 0 Å². The van der Waals surface area contributed by atoms with E-state index < -0.39 is 5.60 Å². The van der Waals surface area contributed by atoms with E-state index in [9.17, 15) is 0 Å². The van der Waals surface area contributed by atoms with Gasteiger partial charge < -0.3 is 5.11 Å². The Labute approximate surface area is 39.0 Å². The first kappa shape index (κ1) is 5.96. The van der Waals surface area contributed by atoms with Gasteiger partial charge in [-0.3, -0.25) is 0 Å². The summed E-state index contributed by atoms with van der Waals surface area (Å²) >= 11 is 0. The molecule has 0 amide bonds. The van der Waals surface area contributed by atoms with Crippen molar-refractivity contribution in [1.82, 2.24) is 0 Å². The zero-order valence-corrected chi connectivity index (χ0v) is 4.52. The van der Waals surface area contributed by atoms with Crippen molar-refractivity contribution in [2.24, 2.45) is 0 Å². The van der Waals surface area contributed by atoms with Crippen LogP contribution in [0, 0.1) is 6.42 Å². The molecule has 0 unspecified atom stereocenters. The van der Waals surface area contributed by atoms with Crippen LogP contribution < -0.4 is 0 Å². The van der Waals surface area contributed by atoms with E-state index in [-0.39, 0.29) is 0 Å². The molecular weight excluding hydrogens is 76.1 g/mol. The summed E-state index contributed by atoms with van der Waals surface area (Å²) in [7, 11) is 0. The van der Waals surface area contributed by atoms with Gasteiger partial charge in [-0.15, -0.1) is 0 Å². The molecule has 0 aromatic rings. The van der Waals surface area contributed by atoms with Gasteiger partial charge in [0.25, 0.3) is 0 Å². The molecule has 0 aliphatic rings. The summed E-state index contributed by atoms with van der Waals surface area (Å²) in [5, 5.41) is 8.77. The highest BCUT2D eigenvalue weighted by Crippen LogP contribution is 2.02. The molecule has 0 aliphatic heterocycles. The van der Waals surface area contributed by atoms with E-state index in [1.165, 1.54) is 0 Å². The lowest BCUT2D eigenvalue weighted by Gasteiger charge is -2.11. The van der Waals surface area contributed by atoms with Crippen molar-refractivity contribution >= 4 is 0 Å². The maximum Gasteiger partial charge on any atom is 0.0620 e. The first-order valence-electron chi connectivity index (χ1n) is 2.09. The molecule has 0 aromatic heterocycles. The third-order valence-electron chi connectivity index (χ3n) is 0.706. The fourth-order valence-corrected chi connectivity index (χ4v) is 0. The molecule has 1 heteroatoms. The van der Waals surface area contributed by atoms with Crippen LogP contribution in [-0.4, -0.2) is 10.7 Å². The molecule has 1 radical (unpaired) electrons. The van der Waals surface area contributed by atoms with Crippen LogP contribution in [0.2, 0.25) is 0 Å². The van der Waals surface area contributed by atoms with E-state index >= 15 is 0 Å². The van der Waals surface area contributed by atoms with Crippen LogP contribution in [0.5, 0.6) is 0 Å². The Morgan fingerprint density at radius 2 is 1.67 bits per heavy atom. The Hall–Kier alpha value is -0.0400. The van der Waals surface area contributed by atoms with Crippen LogP contribution in [0.4, 0.5) is 0 Å².